The smallest absolute Gasteiger partial charge is 0.321 e. The highest BCUT2D eigenvalue weighted by atomic mass is 35.5. The van der Waals surface area contributed by atoms with Gasteiger partial charge in [0.25, 0.3) is 5.56 Å². The molecule has 3 aromatic rings. The van der Waals surface area contributed by atoms with Gasteiger partial charge in [-0.15, -0.1) is 11.3 Å². The van der Waals surface area contributed by atoms with Gasteiger partial charge in [-0.25, -0.2) is 9.78 Å². The number of urea groups is 1. The fraction of sp³-hybridized carbons (Fsp3) is 0.278. The van der Waals surface area contributed by atoms with Gasteiger partial charge in [0.05, 0.1) is 15.7 Å². The fourth-order valence-corrected chi connectivity index (χ4v) is 4.12. The third kappa shape index (κ3) is 4.15. The molecule has 0 spiro atoms. The molecule has 3 heterocycles. The zero-order valence-electron chi connectivity index (χ0n) is 14.8. The van der Waals surface area contributed by atoms with Gasteiger partial charge in [0.1, 0.15) is 0 Å². The molecule has 10 heteroatoms. The maximum absolute atomic E-state index is 12.5. The number of carbonyl (C=O) groups is 1. The van der Waals surface area contributed by atoms with Gasteiger partial charge < -0.3 is 10.2 Å². The number of benzene rings is 1. The van der Waals surface area contributed by atoms with E-state index in [0.29, 0.717) is 53.4 Å². The molecule has 0 bridgehead atoms. The minimum absolute atomic E-state index is 0.0686. The summed E-state index contributed by atoms with van der Waals surface area (Å²) in [6, 6.07) is 6.39. The van der Waals surface area contributed by atoms with Crippen LogP contribution in [-0.4, -0.2) is 51.4 Å². The summed E-state index contributed by atoms with van der Waals surface area (Å²) in [6.07, 6.45) is 1.73. The van der Waals surface area contributed by atoms with E-state index in [9.17, 15) is 9.59 Å². The molecule has 7 nitrogen and oxygen atoms in total. The molecule has 0 atom stereocenters. The number of rotatable bonds is 3. The topological polar surface area (TPSA) is 70.0 Å². The van der Waals surface area contributed by atoms with Crippen LogP contribution in [0.5, 0.6) is 0 Å². The molecule has 1 saturated heterocycles. The minimum atomic E-state index is -0.172. The Bertz CT molecular complexity index is 1080. The van der Waals surface area contributed by atoms with Gasteiger partial charge >= 0.3 is 6.03 Å². The highest BCUT2D eigenvalue weighted by Crippen LogP contribution is 2.25. The molecular weight excluding hydrogens is 421 g/mol. The van der Waals surface area contributed by atoms with Crippen molar-refractivity contribution in [1.29, 1.82) is 0 Å². The number of fused-ring (bicyclic) bond motifs is 1. The average molecular weight is 438 g/mol. The van der Waals surface area contributed by atoms with E-state index in [1.165, 1.54) is 11.3 Å². The second kappa shape index (κ2) is 8.08. The van der Waals surface area contributed by atoms with E-state index in [4.69, 9.17) is 23.2 Å². The van der Waals surface area contributed by atoms with Gasteiger partial charge in [-0.2, -0.15) is 0 Å². The van der Waals surface area contributed by atoms with Crippen molar-refractivity contribution in [2.45, 2.75) is 6.54 Å². The Hall–Kier alpha value is -2.13. The van der Waals surface area contributed by atoms with Crippen LogP contribution in [0.15, 0.2) is 40.6 Å². The zero-order chi connectivity index (χ0) is 19.7. The lowest BCUT2D eigenvalue weighted by atomic mass is 10.3. The van der Waals surface area contributed by atoms with Crippen LogP contribution in [0.1, 0.15) is 5.69 Å². The molecule has 2 aromatic heterocycles. The van der Waals surface area contributed by atoms with E-state index in [1.807, 2.05) is 5.38 Å². The normalized spacial score (nSPS) is 15.1. The Labute approximate surface area is 175 Å². The largest absolute Gasteiger partial charge is 0.322 e. The first-order valence-electron chi connectivity index (χ1n) is 8.69. The average Bonchev–Trinajstić information content (AvgIpc) is 3.14. The van der Waals surface area contributed by atoms with Crippen LogP contribution in [0.4, 0.5) is 10.5 Å². The van der Waals surface area contributed by atoms with Crippen molar-refractivity contribution < 1.29 is 4.79 Å². The third-order valence-electron chi connectivity index (χ3n) is 4.57. The molecule has 1 N–H and O–H groups in total. The van der Waals surface area contributed by atoms with E-state index >= 15 is 0 Å². The summed E-state index contributed by atoms with van der Waals surface area (Å²) in [5, 5.41) is 5.53. The van der Waals surface area contributed by atoms with E-state index in [2.05, 4.69) is 15.2 Å². The van der Waals surface area contributed by atoms with Gasteiger partial charge in [-0.1, -0.05) is 23.2 Å². The van der Waals surface area contributed by atoms with Gasteiger partial charge in [0.15, 0.2) is 4.96 Å². The van der Waals surface area contributed by atoms with Crippen LogP contribution in [-0.2, 0) is 6.54 Å². The number of amides is 2. The lowest BCUT2D eigenvalue weighted by Crippen LogP contribution is -2.49. The Morgan fingerprint density at radius 1 is 1.14 bits per heavy atom. The molecular formula is C18H17Cl2N5O2S. The van der Waals surface area contributed by atoms with Gasteiger partial charge in [0, 0.05) is 56.1 Å². The first-order valence-corrected chi connectivity index (χ1v) is 10.3. The molecule has 1 aromatic carbocycles. The summed E-state index contributed by atoms with van der Waals surface area (Å²) >= 11 is 13.3. The predicted octanol–water partition coefficient (Wildman–Crippen LogP) is 3.41. The minimum Gasteiger partial charge on any atom is -0.322 e. The van der Waals surface area contributed by atoms with Crippen molar-refractivity contribution >= 4 is 51.2 Å². The monoisotopic (exact) mass is 437 g/mol. The third-order valence-corrected chi connectivity index (χ3v) is 6.07. The SMILES string of the molecule is O=C(Nc1ccc(Cl)c(Cl)c1)N1CCN(Cc2cc(=O)n3ccsc3n2)CC1. The molecule has 1 aliphatic heterocycles. The molecule has 0 radical (unpaired) electrons. The summed E-state index contributed by atoms with van der Waals surface area (Å²) in [4.78, 5) is 33.7. The molecule has 1 fully saturated rings. The first-order chi connectivity index (χ1) is 13.5. The van der Waals surface area contributed by atoms with Gasteiger partial charge in [-0.05, 0) is 18.2 Å². The molecule has 0 unspecified atom stereocenters. The van der Waals surface area contributed by atoms with Crippen LogP contribution < -0.4 is 10.9 Å². The number of halogens is 2. The summed E-state index contributed by atoms with van der Waals surface area (Å²) in [5.74, 6) is 0. The van der Waals surface area contributed by atoms with Crippen LogP contribution in [0.2, 0.25) is 10.0 Å². The molecule has 1 aliphatic rings. The predicted molar refractivity (Wildman–Crippen MR) is 112 cm³/mol. The zero-order valence-corrected chi connectivity index (χ0v) is 17.1. The second-order valence-corrected chi connectivity index (χ2v) is 8.15. The number of aromatic nitrogens is 2. The quantitative estimate of drug-likeness (QED) is 0.681. The summed E-state index contributed by atoms with van der Waals surface area (Å²) in [6.45, 7) is 3.19. The van der Waals surface area contributed by atoms with E-state index in [1.54, 1.807) is 39.8 Å². The Kier molecular flexibility index (Phi) is 5.54. The number of hydrogen-bond acceptors (Lipinski definition) is 5. The second-order valence-electron chi connectivity index (χ2n) is 6.46. The summed E-state index contributed by atoms with van der Waals surface area (Å²) in [7, 11) is 0. The van der Waals surface area contributed by atoms with Gasteiger partial charge in [-0.3, -0.25) is 14.1 Å². The number of piperazine rings is 1. The van der Waals surface area contributed by atoms with Crippen LogP contribution >= 0.6 is 34.5 Å². The van der Waals surface area contributed by atoms with E-state index in [-0.39, 0.29) is 11.6 Å². The number of thiazole rings is 1. The van der Waals surface area contributed by atoms with Crippen LogP contribution in [0.3, 0.4) is 0 Å². The van der Waals surface area contributed by atoms with Crippen molar-refractivity contribution in [3.8, 4) is 0 Å². The number of nitrogens with one attached hydrogen (secondary N) is 1. The standard InChI is InChI=1S/C18H17Cl2N5O2S/c19-14-2-1-12(9-15(14)20)21-17(27)24-5-3-23(4-6-24)11-13-10-16(26)25-7-8-28-18(25)22-13/h1-2,7-10H,3-6,11H2,(H,21,27). The van der Waals surface area contributed by atoms with Crippen LogP contribution in [0, 0.1) is 0 Å². The molecule has 28 heavy (non-hydrogen) atoms. The Balaban J connectivity index is 1.34. The van der Waals surface area contributed by atoms with Crippen molar-refractivity contribution in [2.24, 2.45) is 0 Å². The molecule has 2 amide bonds. The van der Waals surface area contributed by atoms with Crippen molar-refractivity contribution in [3.63, 3.8) is 0 Å². The number of carbonyl (C=O) groups excluding carboxylic acids is 1. The Morgan fingerprint density at radius 2 is 1.93 bits per heavy atom. The van der Waals surface area contributed by atoms with Crippen molar-refractivity contribution in [3.05, 3.63) is 61.9 Å². The lowest BCUT2D eigenvalue weighted by Gasteiger charge is -2.34. The molecule has 146 valence electrons. The van der Waals surface area contributed by atoms with E-state index in [0.717, 1.165) is 5.69 Å². The summed E-state index contributed by atoms with van der Waals surface area (Å²) in [5.41, 5.74) is 1.29. The lowest BCUT2D eigenvalue weighted by molar-refractivity contribution is 0.142. The first kappa shape index (κ1) is 19.2. The highest BCUT2D eigenvalue weighted by Gasteiger charge is 2.22. The van der Waals surface area contributed by atoms with Crippen LogP contribution in [0.25, 0.3) is 4.96 Å². The number of anilines is 1. The molecule has 0 saturated carbocycles. The maximum Gasteiger partial charge on any atom is 0.321 e. The summed E-state index contributed by atoms with van der Waals surface area (Å²) < 4.78 is 1.54. The van der Waals surface area contributed by atoms with Crippen molar-refractivity contribution in [1.82, 2.24) is 19.2 Å². The Morgan fingerprint density at radius 3 is 2.68 bits per heavy atom. The maximum atomic E-state index is 12.5. The molecule has 4 rings (SSSR count). The number of nitrogens with zero attached hydrogens (tertiary/aromatic N) is 4. The number of hydrogen-bond donors (Lipinski definition) is 1. The van der Waals surface area contributed by atoms with Crippen molar-refractivity contribution in [2.75, 3.05) is 31.5 Å². The van der Waals surface area contributed by atoms with Gasteiger partial charge in [0.2, 0.25) is 0 Å². The fourth-order valence-electron chi connectivity index (χ4n) is 3.08. The highest BCUT2D eigenvalue weighted by molar-refractivity contribution is 7.15. The molecule has 0 aliphatic carbocycles. The van der Waals surface area contributed by atoms with E-state index < -0.39 is 0 Å².